The molecule has 0 radical (unpaired) electrons. The number of carboxylic acids is 1. The van der Waals surface area contributed by atoms with Crippen LogP contribution in [0.2, 0.25) is 0 Å². The number of hydrogen-bond donors (Lipinski definition) is 3. The average molecular weight is 132 g/mol. The monoisotopic (exact) mass is 132 g/mol. The molecule has 0 aliphatic rings. The van der Waals surface area contributed by atoms with Crippen LogP contribution in [-0.4, -0.2) is 24.2 Å². The van der Waals surface area contributed by atoms with E-state index in [1.165, 1.54) is 0 Å². The molecule has 0 amide bonds. The maximum absolute atomic E-state index is 9.78. The molecule has 9 heavy (non-hydrogen) atoms. The molecule has 0 aliphatic heterocycles. The smallest absolute Gasteiger partial charge is 0.317 e. The first kappa shape index (κ1) is 11.0. The predicted octanol–water partition coefficient (Wildman–Crippen LogP) is 0.00860. The first-order valence-corrected chi connectivity index (χ1v) is 2.30. The Bertz CT molecular complexity index is 93.0. The summed E-state index contributed by atoms with van der Waals surface area (Å²) in [7, 11) is 0. The molecule has 0 atom stereocenters. The number of aliphatic carboxylic acids is 1. The van der Waals surface area contributed by atoms with E-state index in [1.807, 2.05) is 0 Å². The van der Waals surface area contributed by atoms with Crippen LogP contribution in [0.4, 0.5) is 0 Å². The topological polar surface area (TPSA) is 84.3 Å². The van der Waals surface area contributed by atoms with Gasteiger partial charge < -0.3 is 16.6 Å². The lowest BCUT2D eigenvalue weighted by Crippen LogP contribution is -2.21. The van der Waals surface area contributed by atoms with E-state index in [0.717, 1.165) is 0 Å². The van der Waals surface area contributed by atoms with E-state index in [0.29, 0.717) is 6.54 Å². The van der Waals surface area contributed by atoms with Crippen LogP contribution in [0.5, 0.6) is 0 Å². The van der Waals surface area contributed by atoms with Crippen LogP contribution in [0.15, 0.2) is 12.7 Å². The minimum Gasteiger partial charge on any atom is -0.480 e. The van der Waals surface area contributed by atoms with Crippen LogP contribution in [0.3, 0.4) is 0 Å². The maximum atomic E-state index is 9.78. The van der Waals surface area contributed by atoms with Crippen molar-refractivity contribution in [2.24, 2.45) is 0 Å². The van der Waals surface area contributed by atoms with Gasteiger partial charge in [0.1, 0.15) is 0 Å². The van der Waals surface area contributed by atoms with Crippen molar-refractivity contribution in [3.8, 4) is 0 Å². The number of carbonyl (C=O) groups is 1. The summed E-state index contributed by atoms with van der Waals surface area (Å²) in [6.45, 7) is 3.96. The highest BCUT2D eigenvalue weighted by Gasteiger charge is 1.89. The average Bonchev–Trinajstić information content (AvgIpc) is 1.66. The minimum atomic E-state index is -0.841. The van der Waals surface area contributed by atoms with Gasteiger partial charge in [-0.25, -0.2) is 0 Å². The lowest BCUT2D eigenvalue weighted by atomic mass is 10.6. The quantitative estimate of drug-likeness (QED) is 0.371. The van der Waals surface area contributed by atoms with Crippen molar-refractivity contribution < 1.29 is 9.90 Å². The van der Waals surface area contributed by atoms with Gasteiger partial charge in [0.2, 0.25) is 0 Å². The second kappa shape index (κ2) is 7.13. The minimum absolute atomic E-state index is 0. The molecule has 5 N–H and O–H groups in total. The maximum Gasteiger partial charge on any atom is 0.317 e. The van der Waals surface area contributed by atoms with Crippen LogP contribution in [0.1, 0.15) is 0 Å². The number of hydrogen-bond acceptors (Lipinski definition) is 3. The Hall–Kier alpha value is -0.870. The molecule has 4 heteroatoms. The van der Waals surface area contributed by atoms with Gasteiger partial charge in [-0.3, -0.25) is 4.79 Å². The van der Waals surface area contributed by atoms with Gasteiger partial charge in [0, 0.05) is 6.54 Å². The van der Waals surface area contributed by atoms with Crippen molar-refractivity contribution >= 4 is 5.97 Å². The molecule has 0 saturated heterocycles. The number of nitrogens with one attached hydrogen (secondary N) is 1. The van der Waals surface area contributed by atoms with Gasteiger partial charge in [-0.05, 0) is 0 Å². The number of rotatable bonds is 4. The lowest BCUT2D eigenvalue weighted by Gasteiger charge is -1.91. The predicted molar refractivity (Wildman–Crippen MR) is 35.7 cm³/mol. The molecular weight excluding hydrogens is 120 g/mol. The molecule has 0 aliphatic carbocycles. The molecule has 0 aromatic rings. The van der Waals surface area contributed by atoms with Gasteiger partial charge in [0.05, 0.1) is 6.54 Å². The Morgan fingerprint density at radius 1 is 1.78 bits per heavy atom. The summed E-state index contributed by atoms with van der Waals surface area (Å²) in [5, 5.41) is 10.7. The third-order valence-corrected chi connectivity index (χ3v) is 0.565. The fraction of sp³-hybridized carbons (Fsp3) is 0.400. The SMILES string of the molecule is C=CCNCC(=O)O.N. The first-order valence-electron chi connectivity index (χ1n) is 2.30. The van der Waals surface area contributed by atoms with E-state index in [9.17, 15) is 4.79 Å². The summed E-state index contributed by atoms with van der Waals surface area (Å²) in [5.41, 5.74) is 0. The molecule has 0 spiro atoms. The fourth-order valence-corrected chi connectivity index (χ4v) is 0.281. The summed E-state index contributed by atoms with van der Waals surface area (Å²) in [4.78, 5) is 9.78. The van der Waals surface area contributed by atoms with Crippen molar-refractivity contribution in [3.05, 3.63) is 12.7 Å². The van der Waals surface area contributed by atoms with E-state index in [1.54, 1.807) is 6.08 Å². The largest absolute Gasteiger partial charge is 0.480 e. The normalized spacial score (nSPS) is 7.56. The van der Waals surface area contributed by atoms with Gasteiger partial charge >= 0.3 is 5.97 Å². The third kappa shape index (κ3) is 11.0. The Kier molecular flexibility index (Phi) is 8.71. The standard InChI is InChI=1S/C5H9NO2.H3N/c1-2-3-6-4-5(7)8;/h2,6H,1,3-4H2,(H,7,8);1H3. The van der Waals surface area contributed by atoms with E-state index in [2.05, 4.69) is 11.9 Å². The molecule has 0 bridgehead atoms. The second-order valence-corrected chi connectivity index (χ2v) is 1.31. The molecule has 0 aromatic heterocycles. The highest BCUT2D eigenvalue weighted by atomic mass is 16.4. The zero-order chi connectivity index (χ0) is 6.41. The molecule has 0 rings (SSSR count). The molecule has 0 saturated carbocycles. The Morgan fingerprint density at radius 3 is 2.67 bits per heavy atom. The van der Waals surface area contributed by atoms with Gasteiger partial charge in [-0.15, -0.1) is 6.58 Å². The van der Waals surface area contributed by atoms with Gasteiger partial charge in [-0.1, -0.05) is 6.08 Å². The Labute approximate surface area is 54.2 Å². The van der Waals surface area contributed by atoms with Crippen molar-refractivity contribution in [1.82, 2.24) is 11.5 Å². The van der Waals surface area contributed by atoms with E-state index >= 15 is 0 Å². The molecule has 54 valence electrons. The summed E-state index contributed by atoms with van der Waals surface area (Å²) in [6.07, 6.45) is 1.61. The summed E-state index contributed by atoms with van der Waals surface area (Å²) < 4.78 is 0. The third-order valence-electron chi connectivity index (χ3n) is 0.565. The van der Waals surface area contributed by atoms with Crippen LogP contribution in [0, 0.1) is 0 Å². The molecule has 0 unspecified atom stereocenters. The number of carboxylic acid groups (broad SMARTS) is 1. The van der Waals surface area contributed by atoms with E-state index < -0.39 is 5.97 Å². The molecule has 0 fully saturated rings. The van der Waals surface area contributed by atoms with Gasteiger partial charge in [0.25, 0.3) is 0 Å². The summed E-state index contributed by atoms with van der Waals surface area (Å²) in [6, 6.07) is 0. The van der Waals surface area contributed by atoms with Crippen molar-refractivity contribution in [2.45, 2.75) is 0 Å². The Balaban J connectivity index is 0. The fourth-order valence-electron chi connectivity index (χ4n) is 0.281. The van der Waals surface area contributed by atoms with Crippen LogP contribution in [-0.2, 0) is 4.79 Å². The lowest BCUT2D eigenvalue weighted by molar-refractivity contribution is -0.135. The zero-order valence-corrected chi connectivity index (χ0v) is 5.26. The second-order valence-electron chi connectivity index (χ2n) is 1.31. The summed E-state index contributed by atoms with van der Waals surface area (Å²) >= 11 is 0. The van der Waals surface area contributed by atoms with Crippen molar-refractivity contribution in [3.63, 3.8) is 0 Å². The van der Waals surface area contributed by atoms with Crippen LogP contribution >= 0.6 is 0 Å². The molecule has 0 aromatic carbocycles. The molecule has 0 heterocycles. The summed E-state index contributed by atoms with van der Waals surface area (Å²) in [5.74, 6) is -0.841. The van der Waals surface area contributed by atoms with Gasteiger partial charge in [0.15, 0.2) is 0 Å². The highest BCUT2D eigenvalue weighted by molar-refractivity contribution is 5.68. The molecular formula is C5H12N2O2. The highest BCUT2D eigenvalue weighted by Crippen LogP contribution is 1.60. The van der Waals surface area contributed by atoms with Gasteiger partial charge in [-0.2, -0.15) is 0 Å². The van der Waals surface area contributed by atoms with Crippen LogP contribution < -0.4 is 11.5 Å². The van der Waals surface area contributed by atoms with Crippen LogP contribution in [0.25, 0.3) is 0 Å². The van der Waals surface area contributed by atoms with E-state index in [4.69, 9.17) is 5.11 Å². The van der Waals surface area contributed by atoms with Crippen molar-refractivity contribution in [2.75, 3.05) is 13.1 Å². The molecule has 4 nitrogen and oxygen atoms in total. The Morgan fingerprint density at radius 2 is 2.33 bits per heavy atom. The zero-order valence-electron chi connectivity index (χ0n) is 5.26. The van der Waals surface area contributed by atoms with E-state index in [-0.39, 0.29) is 12.7 Å². The van der Waals surface area contributed by atoms with Crippen molar-refractivity contribution in [1.29, 1.82) is 0 Å². The first-order chi connectivity index (χ1) is 3.77.